The first-order chi connectivity index (χ1) is 9.66. The van der Waals surface area contributed by atoms with E-state index in [1.54, 1.807) is 10.9 Å². The Hall–Kier alpha value is -2.89. The molecule has 0 amide bonds. The summed E-state index contributed by atoms with van der Waals surface area (Å²) in [5.74, 6) is 0. The van der Waals surface area contributed by atoms with Gasteiger partial charge in [-0.25, -0.2) is 0 Å². The summed E-state index contributed by atoms with van der Waals surface area (Å²) in [4.78, 5) is 12.2. The van der Waals surface area contributed by atoms with Crippen LogP contribution in [-0.2, 0) is 0 Å². The molecule has 0 aliphatic carbocycles. The first-order valence-corrected chi connectivity index (χ1v) is 6.11. The first-order valence-electron chi connectivity index (χ1n) is 6.11. The second-order valence-electron chi connectivity index (χ2n) is 4.41. The van der Waals surface area contributed by atoms with Crippen molar-refractivity contribution in [3.63, 3.8) is 0 Å². The van der Waals surface area contributed by atoms with Gasteiger partial charge in [-0.15, -0.1) is 5.10 Å². The number of nitrogens with zero attached hydrogens (tertiary/aromatic N) is 3. The second kappa shape index (κ2) is 4.65. The third-order valence-electron chi connectivity index (χ3n) is 3.13. The van der Waals surface area contributed by atoms with Crippen molar-refractivity contribution >= 4 is 22.3 Å². The van der Waals surface area contributed by atoms with Gasteiger partial charge < -0.3 is 0 Å². The molecule has 1 N–H and O–H groups in total. The minimum Gasteiger partial charge on any atom is -0.278 e. The molecule has 6 nitrogen and oxygen atoms in total. The van der Waals surface area contributed by atoms with E-state index in [0.717, 1.165) is 16.8 Å². The number of aryl methyl sites for hydroxylation is 1. The van der Waals surface area contributed by atoms with Crippen LogP contribution in [0.25, 0.3) is 10.9 Å². The van der Waals surface area contributed by atoms with Crippen molar-refractivity contribution in [3.8, 4) is 0 Å². The number of nitro groups is 1. The second-order valence-corrected chi connectivity index (χ2v) is 4.41. The lowest BCUT2D eigenvalue weighted by atomic mass is 10.2. The van der Waals surface area contributed by atoms with Crippen LogP contribution in [0.4, 0.5) is 11.4 Å². The van der Waals surface area contributed by atoms with Gasteiger partial charge in [-0.2, -0.15) is 4.79 Å². The Labute approximate surface area is 114 Å². The number of hydrogen-bond acceptors (Lipinski definition) is 4. The van der Waals surface area contributed by atoms with Crippen LogP contribution in [0.5, 0.6) is 0 Å². The number of aromatic nitrogens is 2. The van der Waals surface area contributed by atoms with Gasteiger partial charge in [-0.05, 0) is 19.1 Å². The predicted molar refractivity (Wildman–Crippen MR) is 76.6 cm³/mol. The van der Waals surface area contributed by atoms with Crippen molar-refractivity contribution in [2.75, 3.05) is 5.43 Å². The highest BCUT2D eigenvalue weighted by atomic mass is 16.6. The summed E-state index contributed by atoms with van der Waals surface area (Å²) in [6, 6.07) is 14.5. The van der Waals surface area contributed by atoms with Gasteiger partial charge in [0.25, 0.3) is 5.69 Å². The molecule has 0 atom stereocenters. The molecular formula is C14H12N4O2. The Morgan fingerprint density at radius 3 is 2.60 bits per heavy atom. The Balaban J connectivity index is 2.11. The molecule has 100 valence electrons. The standard InChI is InChI=1S/C14H12N4O2/c1-10-12-8-5-9-13(18(19)20)14(12)16-17(10)15-11-6-3-2-4-7-11/h2-9,15H,1H3. The lowest BCUT2D eigenvalue weighted by Gasteiger charge is -2.07. The third-order valence-corrected chi connectivity index (χ3v) is 3.13. The molecule has 0 bridgehead atoms. The van der Waals surface area contributed by atoms with Crippen LogP contribution in [-0.4, -0.2) is 14.8 Å². The Morgan fingerprint density at radius 1 is 1.15 bits per heavy atom. The van der Waals surface area contributed by atoms with Crippen LogP contribution < -0.4 is 5.43 Å². The van der Waals surface area contributed by atoms with Gasteiger partial charge in [-0.1, -0.05) is 30.3 Å². The van der Waals surface area contributed by atoms with Gasteiger partial charge in [0.2, 0.25) is 0 Å². The Morgan fingerprint density at radius 2 is 1.90 bits per heavy atom. The number of anilines is 1. The molecule has 0 aliphatic rings. The Bertz CT molecular complexity index is 780. The molecule has 0 saturated heterocycles. The fourth-order valence-corrected chi connectivity index (χ4v) is 2.11. The van der Waals surface area contributed by atoms with Crippen molar-refractivity contribution < 1.29 is 4.92 Å². The minimum absolute atomic E-state index is 0.0132. The van der Waals surface area contributed by atoms with E-state index in [9.17, 15) is 10.1 Å². The molecule has 0 radical (unpaired) electrons. The highest BCUT2D eigenvalue weighted by molar-refractivity contribution is 5.89. The summed E-state index contributed by atoms with van der Waals surface area (Å²) >= 11 is 0. The van der Waals surface area contributed by atoms with Crippen molar-refractivity contribution in [2.24, 2.45) is 0 Å². The highest BCUT2D eigenvalue weighted by Crippen LogP contribution is 2.26. The van der Waals surface area contributed by atoms with Crippen molar-refractivity contribution in [1.82, 2.24) is 9.89 Å². The molecular weight excluding hydrogens is 256 g/mol. The average Bonchev–Trinajstić information content (AvgIpc) is 2.77. The summed E-state index contributed by atoms with van der Waals surface area (Å²) in [5, 5.41) is 16.1. The topological polar surface area (TPSA) is 73.0 Å². The summed E-state index contributed by atoms with van der Waals surface area (Å²) in [6.45, 7) is 1.87. The van der Waals surface area contributed by atoms with Crippen molar-refractivity contribution in [2.45, 2.75) is 6.92 Å². The van der Waals surface area contributed by atoms with E-state index < -0.39 is 4.92 Å². The summed E-state index contributed by atoms with van der Waals surface area (Å²) in [7, 11) is 0. The predicted octanol–water partition coefficient (Wildman–Crippen LogP) is 3.13. The quantitative estimate of drug-likeness (QED) is 0.585. The molecule has 0 saturated carbocycles. The van der Waals surface area contributed by atoms with E-state index in [1.807, 2.05) is 43.3 Å². The third kappa shape index (κ3) is 1.97. The molecule has 0 spiro atoms. The fourth-order valence-electron chi connectivity index (χ4n) is 2.11. The fraction of sp³-hybridized carbons (Fsp3) is 0.0714. The molecule has 0 aliphatic heterocycles. The SMILES string of the molecule is Cc1c2cccc([N+](=O)[O-])c2nn1Nc1ccccc1. The maximum atomic E-state index is 11.0. The summed E-state index contributed by atoms with van der Waals surface area (Å²) in [6.07, 6.45) is 0. The zero-order valence-corrected chi connectivity index (χ0v) is 10.8. The number of non-ortho nitro benzene ring substituents is 1. The monoisotopic (exact) mass is 268 g/mol. The van der Waals surface area contributed by atoms with Crippen LogP contribution in [0.3, 0.4) is 0 Å². The molecule has 1 aromatic heterocycles. The van der Waals surface area contributed by atoms with E-state index in [-0.39, 0.29) is 5.69 Å². The van der Waals surface area contributed by atoms with Crippen LogP contribution in [0, 0.1) is 17.0 Å². The number of benzene rings is 2. The smallest absolute Gasteiger partial charge is 0.278 e. The maximum absolute atomic E-state index is 11.0. The van der Waals surface area contributed by atoms with Gasteiger partial charge in [-0.3, -0.25) is 15.5 Å². The lowest BCUT2D eigenvalue weighted by molar-refractivity contribution is -0.383. The van der Waals surface area contributed by atoms with Gasteiger partial charge in [0.1, 0.15) is 0 Å². The number of nitro benzene ring substituents is 1. The van der Waals surface area contributed by atoms with Gasteiger partial charge in [0, 0.05) is 11.5 Å². The van der Waals surface area contributed by atoms with Gasteiger partial charge in [0.05, 0.1) is 16.3 Å². The molecule has 2 aromatic carbocycles. The zero-order chi connectivity index (χ0) is 14.1. The van der Waals surface area contributed by atoms with E-state index in [2.05, 4.69) is 10.5 Å². The molecule has 1 heterocycles. The molecule has 3 aromatic rings. The molecule has 0 unspecified atom stereocenters. The number of rotatable bonds is 3. The molecule has 3 rings (SSSR count). The maximum Gasteiger partial charge on any atom is 0.297 e. The van der Waals surface area contributed by atoms with E-state index in [4.69, 9.17) is 0 Å². The van der Waals surface area contributed by atoms with Gasteiger partial charge in [0.15, 0.2) is 5.52 Å². The van der Waals surface area contributed by atoms with Gasteiger partial charge >= 0.3 is 0 Å². The average molecular weight is 268 g/mol. The van der Waals surface area contributed by atoms with E-state index in [1.165, 1.54) is 6.07 Å². The van der Waals surface area contributed by atoms with Crippen LogP contribution in [0.2, 0.25) is 0 Å². The van der Waals surface area contributed by atoms with E-state index in [0.29, 0.717) is 5.52 Å². The van der Waals surface area contributed by atoms with Crippen LogP contribution in [0.15, 0.2) is 48.5 Å². The number of para-hydroxylation sites is 1. The normalized spacial score (nSPS) is 10.7. The highest BCUT2D eigenvalue weighted by Gasteiger charge is 2.17. The van der Waals surface area contributed by atoms with Crippen molar-refractivity contribution in [1.29, 1.82) is 0 Å². The van der Waals surface area contributed by atoms with E-state index >= 15 is 0 Å². The Kier molecular flexibility index (Phi) is 2.83. The molecule has 6 heteroatoms. The largest absolute Gasteiger partial charge is 0.297 e. The lowest BCUT2D eigenvalue weighted by Crippen LogP contribution is -2.12. The molecule has 20 heavy (non-hydrogen) atoms. The number of nitrogens with one attached hydrogen (secondary N) is 1. The first kappa shape index (κ1) is 12.2. The van der Waals surface area contributed by atoms with Crippen LogP contribution >= 0.6 is 0 Å². The molecule has 0 fully saturated rings. The van der Waals surface area contributed by atoms with Crippen LogP contribution in [0.1, 0.15) is 5.69 Å². The zero-order valence-electron chi connectivity index (χ0n) is 10.8. The van der Waals surface area contributed by atoms with Crippen molar-refractivity contribution in [3.05, 3.63) is 64.3 Å². The summed E-state index contributed by atoms with van der Waals surface area (Å²) < 4.78 is 0. The number of fused-ring (bicyclic) bond motifs is 1. The summed E-state index contributed by atoms with van der Waals surface area (Å²) in [5.41, 5.74) is 5.20. The number of hydrogen-bond donors (Lipinski definition) is 1. The minimum atomic E-state index is -0.415.